The number of hydrogen-bond donors (Lipinski definition) is 1. The Morgan fingerprint density at radius 1 is 1.33 bits per heavy atom. The molecule has 0 atom stereocenters. The van der Waals surface area contributed by atoms with Gasteiger partial charge in [0.2, 0.25) is 5.95 Å². The van der Waals surface area contributed by atoms with Gasteiger partial charge in [-0.1, -0.05) is 38.7 Å². The van der Waals surface area contributed by atoms with E-state index in [1.165, 1.54) is 0 Å². The molecule has 2 heterocycles. The Labute approximate surface area is 144 Å². The summed E-state index contributed by atoms with van der Waals surface area (Å²) in [7, 11) is 0. The molecule has 11 heteroatoms. The van der Waals surface area contributed by atoms with Crippen molar-refractivity contribution in [3.05, 3.63) is 45.2 Å². The quantitative estimate of drug-likeness (QED) is 0.420. The molecule has 1 N–H and O–H groups in total. The molecule has 0 aliphatic carbocycles. The number of anilines is 1. The molecule has 0 amide bonds. The van der Waals surface area contributed by atoms with Crippen LogP contribution >= 0.6 is 23.2 Å². The predicted octanol–water partition coefficient (Wildman–Crippen LogP) is 3.41. The Hall–Kier alpha value is -2.52. The van der Waals surface area contributed by atoms with Crippen molar-refractivity contribution in [2.45, 2.75) is 6.92 Å². The number of rotatable bonds is 5. The lowest BCUT2D eigenvalue weighted by atomic mass is 10.3. The monoisotopic (exact) mass is 371 g/mol. The number of nitrogens with one attached hydrogen (secondary N) is 1. The smallest absolute Gasteiger partial charge is 0.463 e. The van der Waals surface area contributed by atoms with Gasteiger partial charge < -0.3 is 4.74 Å². The molecule has 0 aliphatic rings. The highest BCUT2D eigenvalue weighted by Crippen LogP contribution is 2.30. The van der Waals surface area contributed by atoms with E-state index in [1.807, 2.05) is 0 Å². The first kappa shape index (κ1) is 16.3. The lowest BCUT2D eigenvalue weighted by molar-refractivity contribution is -0.436. The number of aromatic nitrogens is 4. The van der Waals surface area contributed by atoms with Gasteiger partial charge in [0.1, 0.15) is 5.69 Å². The summed E-state index contributed by atoms with van der Waals surface area (Å²) in [6.45, 7) is 1.95. The Kier molecular flexibility index (Phi) is 4.45. The van der Waals surface area contributed by atoms with Crippen LogP contribution in [-0.4, -0.2) is 31.1 Å². The SMILES string of the molecule is CCOc1nc(F)cc2nc([N+](=O)Nc3c(Cl)cccc3Cl)nn12. The lowest BCUT2D eigenvalue weighted by Gasteiger charge is -2.04. The predicted molar refractivity (Wildman–Crippen MR) is 85.3 cm³/mol. The molecule has 3 rings (SSSR count). The minimum absolute atomic E-state index is 0.0638. The standard InChI is InChI=1S/C13H10Cl2FN6O2/c1-2-24-13-17-9(16)6-10-18-12(20-21(10)13)22(23)19-11-7(14)4-3-5-8(11)15/h3-6H,2H2,1H3,(H,19,23)/q+1. The third-order valence-corrected chi connectivity index (χ3v) is 3.51. The molecule has 0 saturated carbocycles. The fourth-order valence-corrected chi connectivity index (χ4v) is 2.37. The van der Waals surface area contributed by atoms with Crippen LogP contribution in [0.3, 0.4) is 0 Å². The number of fused-ring (bicyclic) bond motifs is 1. The molecule has 1 aromatic carbocycles. The second-order valence-corrected chi connectivity index (χ2v) is 5.29. The molecule has 0 spiro atoms. The van der Waals surface area contributed by atoms with E-state index >= 15 is 0 Å². The maximum absolute atomic E-state index is 13.5. The largest absolute Gasteiger partial charge is 0.516 e. The van der Waals surface area contributed by atoms with Crippen molar-refractivity contribution in [2.75, 3.05) is 12.0 Å². The molecular formula is C13H10Cl2FN6O2+. The van der Waals surface area contributed by atoms with E-state index in [-0.39, 0.29) is 44.8 Å². The molecule has 0 fully saturated rings. The molecule has 124 valence electrons. The number of benzene rings is 1. The number of nitroso groups, excluding NO2 is 1. The average molecular weight is 372 g/mol. The lowest BCUT2D eigenvalue weighted by Crippen LogP contribution is -2.12. The summed E-state index contributed by atoms with van der Waals surface area (Å²) in [6.07, 6.45) is 0. The van der Waals surface area contributed by atoms with Crippen LogP contribution in [0, 0.1) is 10.9 Å². The summed E-state index contributed by atoms with van der Waals surface area (Å²) in [5.41, 5.74) is 2.70. The maximum atomic E-state index is 13.5. The second kappa shape index (κ2) is 6.54. The normalized spacial score (nSPS) is 10.8. The Morgan fingerprint density at radius 2 is 2.04 bits per heavy atom. The number of ether oxygens (including phenoxy) is 1. The third kappa shape index (κ3) is 3.08. The molecular weight excluding hydrogens is 362 g/mol. The van der Waals surface area contributed by atoms with Crippen LogP contribution in [0.4, 0.5) is 16.0 Å². The van der Waals surface area contributed by atoms with E-state index in [1.54, 1.807) is 25.1 Å². The van der Waals surface area contributed by atoms with Crippen LogP contribution in [0.5, 0.6) is 6.01 Å². The van der Waals surface area contributed by atoms with Gasteiger partial charge in [-0.25, -0.2) is 5.43 Å². The van der Waals surface area contributed by atoms with Gasteiger partial charge in [0.15, 0.2) is 0 Å². The molecule has 0 bridgehead atoms. The van der Waals surface area contributed by atoms with E-state index in [4.69, 9.17) is 27.9 Å². The first-order valence-electron chi connectivity index (χ1n) is 6.73. The summed E-state index contributed by atoms with van der Waals surface area (Å²) in [4.78, 5) is 20.0. The van der Waals surface area contributed by atoms with Gasteiger partial charge >= 0.3 is 12.0 Å². The molecule has 3 aromatic rings. The van der Waals surface area contributed by atoms with E-state index in [0.717, 1.165) is 10.6 Å². The Balaban J connectivity index is 1.97. The summed E-state index contributed by atoms with van der Waals surface area (Å²) in [6, 6.07) is 5.67. The first-order valence-corrected chi connectivity index (χ1v) is 7.49. The zero-order chi connectivity index (χ0) is 17.3. The molecule has 0 aliphatic heterocycles. The number of nitrogens with zero attached hydrogens (tertiary/aromatic N) is 5. The number of halogens is 3. The zero-order valence-corrected chi connectivity index (χ0v) is 13.7. The van der Waals surface area contributed by atoms with Gasteiger partial charge in [0.25, 0.3) is 5.65 Å². The van der Waals surface area contributed by atoms with Crippen molar-refractivity contribution >= 4 is 40.5 Å². The third-order valence-electron chi connectivity index (χ3n) is 2.88. The highest BCUT2D eigenvalue weighted by Gasteiger charge is 2.26. The van der Waals surface area contributed by atoms with Crippen molar-refractivity contribution in [2.24, 2.45) is 0 Å². The van der Waals surface area contributed by atoms with Crippen LogP contribution in [0.1, 0.15) is 6.92 Å². The van der Waals surface area contributed by atoms with Crippen molar-refractivity contribution < 1.29 is 14.0 Å². The Bertz CT molecular complexity index is 912. The summed E-state index contributed by atoms with van der Waals surface area (Å²) in [5, 5.41) is 4.43. The minimum Gasteiger partial charge on any atom is -0.463 e. The molecule has 8 nitrogen and oxygen atoms in total. The highest BCUT2D eigenvalue weighted by atomic mass is 35.5. The highest BCUT2D eigenvalue weighted by molar-refractivity contribution is 6.38. The van der Waals surface area contributed by atoms with Crippen LogP contribution in [0.2, 0.25) is 10.0 Å². The van der Waals surface area contributed by atoms with E-state index < -0.39 is 5.95 Å². The van der Waals surface area contributed by atoms with Crippen molar-refractivity contribution in [1.82, 2.24) is 19.6 Å². The van der Waals surface area contributed by atoms with Crippen LogP contribution < -0.4 is 10.2 Å². The molecule has 0 radical (unpaired) electrons. The minimum atomic E-state index is -0.801. The summed E-state index contributed by atoms with van der Waals surface area (Å²) >= 11 is 12.0. The van der Waals surface area contributed by atoms with Gasteiger partial charge in [-0.2, -0.15) is 9.37 Å². The van der Waals surface area contributed by atoms with E-state index in [2.05, 4.69) is 20.5 Å². The van der Waals surface area contributed by atoms with Gasteiger partial charge in [0, 0.05) is 5.10 Å². The number of para-hydroxylation sites is 1. The van der Waals surface area contributed by atoms with Crippen molar-refractivity contribution in [3.8, 4) is 6.01 Å². The number of hydrogen-bond acceptors (Lipinski definition) is 5. The molecule has 0 unspecified atom stereocenters. The van der Waals surface area contributed by atoms with E-state index in [9.17, 15) is 9.30 Å². The van der Waals surface area contributed by atoms with E-state index in [0.29, 0.717) is 0 Å². The second-order valence-electron chi connectivity index (χ2n) is 4.48. The first-order chi connectivity index (χ1) is 11.5. The number of hydrazine groups is 1. The van der Waals surface area contributed by atoms with Gasteiger partial charge in [0.05, 0.1) is 27.6 Å². The van der Waals surface area contributed by atoms with Crippen LogP contribution in [0.25, 0.3) is 5.65 Å². The van der Waals surface area contributed by atoms with Gasteiger partial charge in [-0.15, -0.1) is 0 Å². The molecule has 0 saturated heterocycles. The molecule has 24 heavy (non-hydrogen) atoms. The van der Waals surface area contributed by atoms with Crippen molar-refractivity contribution in [1.29, 1.82) is 0 Å². The van der Waals surface area contributed by atoms with Crippen LogP contribution in [0.15, 0.2) is 24.3 Å². The maximum Gasteiger partial charge on any atom is 0.516 e. The summed E-state index contributed by atoms with van der Waals surface area (Å²) in [5.74, 6) is -1.09. The van der Waals surface area contributed by atoms with Gasteiger partial charge in [-0.3, -0.25) is 0 Å². The fraction of sp³-hybridized carbons (Fsp3) is 0.154. The zero-order valence-electron chi connectivity index (χ0n) is 12.2. The van der Waals surface area contributed by atoms with Crippen molar-refractivity contribution in [3.63, 3.8) is 0 Å². The Morgan fingerprint density at radius 3 is 2.71 bits per heavy atom. The van der Waals surface area contributed by atoms with Gasteiger partial charge in [-0.05, 0) is 24.0 Å². The van der Waals surface area contributed by atoms with Crippen LogP contribution in [-0.2, 0) is 0 Å². The average Bonchev–Trinajstić information content (AvgIpc) is 2.95. The fourth-order valence-electron chi connectivity index (χ4n) is 1.89. The summed E-state index contributed by atoms with van der Waals surface area (Å²) < 4.78 is 19.8. The molecule has 2 aromatic heterocycles. The topological polar surface area (TPSA) is 84.4 Å².